The average molecular weight is 534 g/mol. The number of carbonyl (C=O) groups is 3. The van der Waals surface area contributed by atoms with E-state index in [0.717, 1.165) is 15.6 Å². The highest BCUT2D eigenvalue weighted by atomic mass is 79.9. The van der Waals surface area contributed by atoms with Crippen molar-refractivity contribution in [3.63, 3.8) is 0 Å². The van der Waals surface area contributed by atoms with Crippen LogP contribution in [0.2, 0.25) is 0 Å². The van der Waals surface area contributed by atoms with Crippen LogP contribution in [0.4, 0.5) is 5.69 Å². The van der Waals surface area contributed by atoms with Gasteiger partial charge in [-0.3, -0.25) is 14.5 Å². The number of aliphatic hydroxyl groups excluding tert-OH is 1. The number of benzene rings is 3. The van der Waals surface area contributed by atoms with Crippen LogP contribution in [-0.4, -0.2) is 29.4 Å². The molecular formula is C28H24BrNO5. The van der Waals surface area contributed by atoms with E-state index in [4.69, 9.17) is 4.74 Å². The molecule has 0 aliphatic carbocycles. The summed E-state index contributed by atoms with van der Waals surface area (Å²) >= 11 is 3.45. The number of nitrogens with zero attached hydrogens (tertiary/aromatic N) is 1. The predicted octanol–water partition coefficient (Wildman–Crippen LogP) is 5.87. The molecule has 6 nitrogen and oxygen atoms in total. The molecule has 1 saturated heterocycles. The molecule has 4 rings (SSSR count). The smallest absolute Gasteiger partial charge is 0.338 e. The van der Waals surface area contributed by atoms with Crippen molar-refractivity contribution in [3.8, 4) is 0 Å². The second-order valence-corrected chi connectivity index (χ2v) is 9.11. The quantitative estimate of drug-likeness (QED) is 0.192. The highest BCUT2D eigenvalue weighted by molar-refractivity contribution is 9.10. The number of amides is 1. The molecule has 35 heavy (non-hydrogen) atoms. The third-order valence-electron chi connectivity index (χ3n) is 5.99. The van der Waals surface area contributed by atoms with E-state index in [2.05, 4.69) is 15.9 Å². The molecule has 3 aromatic rings. The second-order valence-electron chi connectivity index (χ2n) is 8.26. The Hall–Kier alpha value is -3.71. The Morgan fingerprint density at radius 1 is 0.971 bits per heavy atom. The number of carbonyl (C=O) groups excluding carboxylic acids is 3. The van der Waals surface area contributed by atoms with Crippen molar-refractivity contribution in [2.45, 2.75) is 26.8 Å². The number of halogens is 1. The van der Waals surface area contributed by atoms with Gasteiger partial charge >= 0.3 is 5.97 Å². The van der Waals surface area contributed by atoms with Crippen LogP contribution in [0.5, 0.6) is 0 Å². The van der Waals surface area contributed by atoms with Crippen LogP contribution >= 0.6 is 15.9 Å². The van der Waals surface area contributed by atoms with Crippen LogP contribution < -0.4 is 4.90 Å². The highest BCUT2D eigenvalue weighted by Crippen LogP contribution is 2.43. The number of hydrogen-bond donors (Lipinski definition) is 1. The first-order valence-electron chi connectivity index (χ1n) is 11.1. The minimum absolute atomic E-state index is 0.00689. The number of hydrogen-bond acceptors (Lipinski definition) is 5. The molecule has 1 aliphatic heterocycles. The van der Waals surface area contributed by atoms with E-state index in [9.17, 15) is 19.5 Å². The van der Waals surface area contributed by atoms with Crippen molar-refractivity contribution in [1.29, 1.82) is 0 Å². The minimum atomic E-state index is -0.877. The van der Waals surface area contributed by atoms with E-state index in [0.29, 0.717) is 16.8 Å². The number of anilines is 1. The molecule has 1 N–H and O–H groups in total. The van der Waals surface area contributed by atoms with Crippen LogP contribution in [0.15, 0.2) is 76.8 Å². The fraction of sp³-hybridized carbons (Fsp3) is 0.179. The van der Waals surface area contributed by atoms with E-state index in [1.807, 2.05) is 38.1 Å². The molecule has 1 heterocycles. The standard InChI is InChI=1S/C28H24BrNO5/c1-4-35-28(34)19-9-7-10-20(15-19)30-24(21-11-6-5-8-16(21)2)23(26(32)27(30)33)25(31)18-12-13-22(29)17(3)14-18/h5-15,24,31H,4H2,1-3H3/b25-23+. The second kappa shape index (κ2) is 9.88. The fourth-order valence-corrected chi connectivity index (χ4v) is 4.48. The molecule has 3 aromatic carbocycles. The predicted molar refractivity (Wildman–Crippen MR) is 137 cm³/mol. The third-order valence-corrected chi connectivity index (χ3v) is 6.88. The molecule has 1 aliphatic rings. The first-order chi connectivity index (χ1) is 16.7. The Morgan fingerprint density at radius 3 is 2.40 bits per heavy atom. The molecule has 0 spiro atoms. The summed E-state index contributed by atoms with van der Waals surface area (Å²) in [4.78, 5) is 40.4. The van der Waals surface area contributed by atoms with Crippen molar-refractivity contribution in [3.05, 3.63) is 105 Å². The summed E-state index contributed by atoms with van der Waals surface area (Å²) in [5, 5.41) is 11.3. The molecule has 1 amide bonds. The number of aliphatic hydroxyl groups is 1. The summed E-state index contributed by atoms with van der Waals surface area (Å²) in [6.45, 7) is 5.68. The summed E-state index contributed by atoms with van der Waals surface area (Å²) in [7, 11) is 0. The van der Waals surface area contributed by atoms with Crippen LogP contribution in [-0.2, 0) is 14.3 Å². The third kappa shape index (κ3) is 4.51. The molecule has 0 aromatic heterocycles. The fourth-order valence-electron chi connectivity index (χ4n) is 4.23. The summed E-state index contributed by atoms with van der Waals surface area (Å²) < 4.78 is 5.96. The Kier molecular flexibility index (Phi) is 6.89. The molecule has 0 saturated carbocycles. The number of rotatable bonds is 5. The molecular weight excluding hydrogens is 510 g/mol. The molecule has 1 atom stereocenters. The van der Waals surface area contributed by atoms with Gasteiger partial charge in [-0.25, -0.2) is 4.79 Å². The van der Waals surface area contributed by atoms with Crippen molar-refractivity contribution >= 4 is 45.0 Å². The summed E-state index contributed by atoms with van der Waals surface area (Å²) in [5.74, 6) is -2.35. The van der Waals surface area contributed by atoms with Crippen molar-refractivity contribution in [2.24, 2.45) is 0 Å². The van der Waals surface area contributed by atoms with Crippen LogP contribution in [0.25, 0.3) is 5.76 Å². The maximum Gasteiger partial charge on any atom is 0.338 e. The van der Waals surface area contributed by atoms with Crippen molar-refractivity contribution in [2.75, 3.05) is 11.5 Å². The van der Waals surface area contributed by atoms with E-state index in [1.165, 1.54) is 11.0 Å². The normalized spacial score (nSPS) is 17.0. The lowest BCUT2D eigenvalue weighted by Gasteiger charge is -2.27. The van der Waals surface area contributed by atoms with Gasteiger partial charge in [0.2, 0.25) is 0 Å². The van der Waals surface area contributed by atoms with Gasteiger partial charge in [0, 0.05) is 15.7 Å². The Morgan fingerprint density at radius 2 is 1.71 bits per heavy atom. The average Bonchev–Trinajstić information content (AvgIpc) is 3.11. The molecule has 1 fully saturated rings. The van der Waals surface area contributed by atoms with Gasteiger partial charge in [-0.2, -0.15) is 0 Å². The zero-order valence-electron chi connectivity index (χ0n) is 19.5. The summed E-state index contributed by atoms with van der Waals surface area (Å²) in [6.07, 6.45) is 0. The van der Waals surface area contributed by atoms with Gasteiger partial charge < -0.3 is 9.84 Å². The van der Waals surface area contributed by atoms with Gasteiger partial charge in [0.05, 0.1) is 23.8 Å². The SMILES string of the molecule is CCOC(=O)c1cccc(N2C(=O)C(=O)/C(=C(/O)c3ccc(Br)c(C)c3)C2c2ccccc2C)c1. The lowest BCUT2D eigenvalue weighted by Crippen LogP contribution is -2.30. The zero-order valence-corrected chi connectivity index (χ0v) is 21.1. The van der Waals surface area contributed by atoms with Crippen molar-refractivity contribution in [1.82, 2.24) is 0 Å². The lowest BCUT2D eigenvalue weighted by molar-refractivity contribution is -0.132. The van der Waals surface area contributed by atoms with Gasteiger partial charge in [-0.1, -0.05) is 52.3 Å². The largest absolute Gasteiger partial charge is 0.507 e. The van der Waals surface area contributed by atoms with Gasteiger partial charge in [0.1, 0.15) is 5.76 Å². The van der Waals surface area contributed by atoms with Crippen LogP contribution in [0.1, 0.15) is 45.6 Å². The van der Waals surface area contributed by atoms with E-state index >= 15 is 0 Å². The maximum absolute atomic E-state index is 13.4. The highest BCUT2D eigenvalue weighted by Gasteiger charge is 2.47. The molecule has 178 valence electrons. The number of aryl methyl sites for hydroxylation is 2. The number of ether oxygens (including phenoxy) is 1. The van der Waals surface area contributed by atoms with Crippen molar-refractivity contribution < 1.29 is 24.2 Å². The van der Waals surface area contributed by atoms with E-state index in [1.54, 1.807) is 43.3 Å². The Bertz CT molecular complexity index is 1380. The topological polar surface area (TPSA) is 83.9 Å². The number of esters is 1. The number of ketones is 1. The monoisotopic (exact) mass is 533 g/mol. The van der Waals surface area contributed by atoms with Crippen LogP contribution in [0, 0.1) is 13.8 Å². The van der Waals surface area contributed by atoms with Gasteiger partial charge in [0.25, 0.3) is 11.7 Å². The maximum atomic E-state index is 13.4. The first kappa shape index (κ1) is 24.4. The molecule has 0 bridgehead atoms. The molecule has 7 heteroatoms. The van der Waals surface area contributed by atoms with Crippen LogP contribution in [0.3, 0.4) is 0 Å². The van der Waals surface area contributed by atoms with Gasteiger partial charge in [-0.15, -0.1) is 0 Å². The zero-order chi connectivity index (χ0) is 25.3. The van der Waals surface area contributed by atoms with Gasteiger partial charge in [0.15, 0.2) is 0 Å². The Labute approximate surface area is 212 Å². The van der Waals surface area contributed by atoms with E-state index < -0.39 is 23.7 Å². The molecule has 1 unspecified atom stereocenters. The minimum Gasteiger partial charge on any atom is -0.507 e. The summed E-state index contributed by atoms with van der Waals surface area (Å²) in [6, 6.07) is 18.2. The van der Waals surface area contributed by atoms with E-state index in [-0.39, 0.29) is 23.5 Å². The molecule has 0 radical (unpaired) electrons. The Balaban J connectivity index is 1.94. The number of Topliss-reactive ketones (excluding diaryl/α,β-unsaturated/α-hetero) is 1. The summed E-state index contributed by atoms with van der Waals surface area (Å²) in [5.41, 5.74) is 3.47. The lowest BCUT2D eigenvalue weighted by atomic mass is 9.92. The van der Waals surface area contributed by atoms with Gasteiger partial charge in [-0.05, 0) is 67.8 Å². The first-order valence-corrected chi connectivity index (χ1v) is 11.9.